The third-order valence-corrected chi connectivity index (χ3v) is 5.15. The van der Waals surface area contributed by atoms with Crippen LogP contribution in [0.5, 0.6) is 0 Å². The maximum absolute atomic E-state index is 9.10. The first kappa shape index (κ1) is 12.8. The van der Waals surface area contributed by atoms with Crippen LogP contribution in [0.3, 0.4) is 0 Å². The molecule has 2 rings (SSSR count). The van der Waals surface area contributed by atoms with Gasteiger partial charge in [0, 0.05) is 0 Å². The monoisotopic (exact) mass is 271 g/mol. The van der Waals surface area contributed by atoms with Crippen LogP contribution in [0.4, 0.5) is 0 Å². The molecule has 1 aromatic heterocycles. The Hall–Kier alpha value is -0.620. The standard InChI is InChI=1S/C11H17N3OS2/c1-8-12-13-11(16-8)17-10-7-5-3-2-4-6-9(10)14-15/h10,15H,2-7H2,1H3. The third-order valence-electron chi connectivity index (χ3n) is 2.90. The molecule has 1 unspecified atom stereocenters. The van der Waals surface area contributed by atoms with Gasteiger partial charge in [-0.1, -0.05) is 47.5 Å². The lowest BCUT2D eigenvalue weighted by molar-refractivity contribution is 0.315. The van der Waals surface area contributed by atoms with Crippen LogP contribution >= 0.6 is 23.1 Å². The number of hydrogen-bond acceptors (Lipinski definition) is 6. The van der Waals surface area contributed by atoms with Crippen molar-refractivity contribution in [1.82, 2.24) is 10.2 Å². The first-order valence-corrected chi connectivity index (χ1v) is 7.67. The van der Waals surface area contributed by atoms with E-state index in [1.165, 1.54) is 19.3 Å². The predicted octanol–water partition coefficient (Wildman–Crippen LogP) is 3.49. The maximum atomic E-state index is 9.10. The van der Waals surface area contributed by atoms with Gasteiger partial charge in [-0.3, -0.25) is 0 Å². The topological polar surface area (TPSA) is 58.4 Å². The van der Waals surface area contributed by atoms with Crippen molar-refractivity contribution in [3.05, 3.63) is 5.01 Å². The van der Waals surface area contributed by atoms with Crippen LogP contribution in [0.2, 0.25) is 0 Å². The third kappa shape index (κ3) is 3.67. The molecule has 1 aromatic rings. The van der Waals surface area contributed by atoms with Crippen LogP contribution in [0.25, 0.3) is 0 Å². The summed E-state index contributed by atoms with van der Waals surface area (Å²) in [6, 6.07) is 0. The Morgan fingerprint density at radius 3 is 2.82 bits per heavy atom. The summed E-state index contributed by atoms with van der Waals surface area (Å²) in [7, 11) is 0. The highest BCUT2D eigenvalue weighted by molar-refractivity contribution is 8.02. The quantitative estimate of drug-likeness (QED) is 0.660. The van der Waals surface area contributed by atoms with Crippen molar-refractivity contribution in [1.29, 1.82) is 0 Å². The molecule has 17 heavy (non-hydrogen) atoms. The Morgan fingerprint density at radius 1 is 1.29 bits per heavy atom. The van der Waals surface area contributed by atoms with Crippen LogP contribution in [-0.4, -0.2) is 26.4 Å². The van der Waals surface area contributed by atoms with E-state index in [2.05, 4.69) is 15.4 Å². The summed E-state index contributed by atoms with van der Waals surface area (Å²) in [5, 5.41) is 22.0. The molecule has 1 heterocycles. The lowest BCUT2D eigenvalue weighted by atomic mass is 9.99. The van der Waals surface area contributed by atoms with Crippen molar-refractivity contribution < 1.29 is 5.21 Å². The zero-order chi connectivity index (χ0) is 12.1. The van der Waals surface area contributed by atoms with Gasteiger partial charge in [-0.2, -0.15) is 0 Å². The van der Waals surface area contributed by atoms with E-state index in [0.717, 1.165) is 34.3 Å². The molecule has 1 fully saturated rings. The SMILES string of the molecule is Cc1nnc(SC2CCCCCCC2=NO)s1. The number of aryl methyl sites for hydroxylation is 1. The van der Waals surface area contributed by atoms with Crippen LogP contribution in [0, 0.1) is 6.92 Å². The van der Waals surface area contributed by atoms with Gasteiger partial charge in [-0.05, 0) is 26.2 Å². The highest BCUT2D eigenvalue weighted by Crippen LogP contribution is 2.32. The van der Waals surface area contributed by atoms with E-state index in [-0.39, 0.29) is 5.25 Å². The second-order valence-corrected chi connectivity index (χ2v) is 6.87. The molecular formula is C11H17N3OS2. The second kappa shape index (κ2) is 6.35. The largest absolute Gasteiger partial charge is 0.411 e. The lowest BCUT2D eigenvalue weighted by Gasteiger charge is -2.18. The first-order valence-electron chi connectivity index (χ1n) is 5.97. The average molecular weight is 271 g/mol. The van der Waals surface area contributed by atoms with Gasteiger partial charge in [0.25, 0.3) is 0 Å². The van der Waals surface area contributed by atoms with Gasteiger partial charge < -0.3 is 5.21 Å². The van der Waals surface area contributed by atoms with E-state index >= 15 is 0 Å². The minimum atomic E-state index is 0.271. The van der Waals surface area contributed by atoms with E-state index < -0.39 is 0 Å². The molecule has 1 N–H and O–H groups in total. The molecule has 1 saturated carbocycles. The van der Waals surface area contributed by atoms with Crippen molar-refractivity contribution in [3.63, 3.8) is 0 Å². The van der Waals surface area contributed by atoms with Crippen molar-refractivity contribution in [3.8, 4) is 0 Å². The van der Waals surface area contributed by atoms with Gasteiger partial charge in [-0.25, -0.2) is 0 Å². The molecule has 0 bridgehead atoms. The molecule has 94 valence electrons. The normalized spacial score (nSPS) is 24.5. The van der Waals surface area contributed by atoms with Gasteiger partial charge in [0.05, 0.1) is 11.0 Å². The Balaban J connectivity index is 2.04. The Morgan fingerprint density at radius 2 is 2.12 bits per heavy atom. The van der Waals surface area contributed by atoms with Gasteiger partial charge >= 0.3 is 0 Å². The smallest absolute Gasteiger partial charge is 0.174 e. The maximum Gasteiger partial charge on any atom is 0.174 e. The highest BCUT2D eigenvalue weighted by Gasteiger charge is 2.21. The molecular weight excluding hydrogens is 254 g/mol. The summed E-state index contributed by atoms with van der Waals surface area (Å²) >= 11 is 3.30. The van der Waals surface area contributed by atoms with Crippen LogP contribution < -0.4 is 0 Å². The van der Waals surface area contributed by atoms with E-state index in [1.807, 2.05) is 6.92 Å². The number of oxime groups is 1. The van der Waals surface area contributed by atoms with Crippen molar-refractivity contribution in [2.45, 2.75) is 55.0 Å². The molecule has 0 aromatic carbocycles. The number of thioether (sulfide) groups is 1. The summed E-state index contributed by atoms with van der Waals surface area (Å²) in [5.74, 6) is 0. The fraction of sp³-hybridized carbons (Fsp3) is 0.727. The average Bonchev–Trinajstić information content (AvgIpc) is 2.69. The van der Waals surface area contributed by atoms with Crippen molar-refractivity contribution >= 4 is 28.8 Å². The molecule has 6 heteroatoms. The van der Waals surface area contributed by atoms with Gasteiger partial charge in [0.1, 0.15) is 5.01 Å². The Bertz CT molecular complexity index is 392. The highest BCUT2D eigenvalue weighted by atomic mass is 32.2. The predicted molar refractivity (Wildman–Crippen MR) is 71.2 cm³/mol. The minimum absolute atomic E-state index is 0.271. The van der Waals surface area contributed by atoms with Crippen LogP contribution in [0.15, 0.2) is 9.50 Å². The molecule has 0 saturated heterocycles. The van der Waals surface area contributed by atoms with E-state index in [9.17, 15) is 0 Å². The Kier molecular flexibility index (Phi) is 4.79. The van der Waals surface area contributed by atoms with E-state index in [1.54, 1.807) is 23.1 Å². The van der Waals surface area contributed by atoms with Gasteiger partial charge in [0.15, 0.2) is 4.34 Å². The molecule has 0 radical (unpaired) electrons. The number of aromatic nitrogens is 2. The fourth-order valence-electron chi connectivity index (χ4n) is 2.01. The number of hydrogen-bond donors (Lipinski definition) is 1. The molecule has 4 nitrogen and oxygen atoms in total. The molecule has 0 spiro atoms. The van der Waals surface area contributed by atoms with Crippen LogP contribution in [-0.2, 0) is 0 Å². The number of rotatable bonds is 2. The molecule has 1 aliphatic rings. The lowest BCUT2D eigenvalue weighted by Crippen LogP contribution is -2.19. The summed E-state index contributed by atoms with van der Waals surface area (Å²) in [6.45, 7) is 1.96. The zero-order valence-electron chi connectivity index (χ0n) is 9.93. The fourth-order valence-corrected chi connectivity index (χ4v) is 4.24. The zero-order valence-corrected chi connectivity index (χ0v) is 11.6. The summed E-state index contributed by atoms with van der Waals surface area (Å²) in [5.41, 5.74) is 0.919. The molecule has 0 aliphatic heterocycles. The van der Waals surface area contributed by atoms with E-state index in [4.69, 9.17) is 5.21 Å². The van der Waals surface area contributed by atoms with E-state index in [0.29, 0.717) is 0 Å². The first-order chi connectivity index (χ1) is 8.29. The molecule has 0 amide bonds. The Labute approximate surface area is 110 Å². The summed E-state index contributed by atoms with van der Waals surface area (Å²) in [6.07, 6.45) is 6.84. The van der Waals surface area contributed by atoms with Crippen molar-refractivity contribution in [2.24, 2.45) is 5.16 Å². The summed E-state index contributed by atoms with van der Waals surface area (Å²) < 4.78 is 0.981. The summed E-state index contributed by atoms with van der Waals surface area (Å²) in [4.78, 5) is 0. The number of nitrogens with zero attached hydrogens (tertiary/aromatic N) is 3. The van der Waals surface area contributed by atoms with Gasteiger partial charge in [-0.15, -0.1) is 10.2 Å². The second-order valence-electron chi connectivity index (χ2n) is 4.24. The van der Waals surface area contributed by atoms with Gasteiger partial charge in [0.2, 0.25) is 0 Å². The molecule has 1 aliphatic carbocycles. The molecule has 1 atom stereocenters. The minimum Gasteiger partial charge on any atom is -0.411 e. The van der Waals surface area contributed by atoms with Crippen LogP contribution in [0.1, 0.15) is 43.5 Å². The van der Waals surface area contributed by atoms with Crippen molar-refractivity contribution in [2.75, 3.05) is 0 Å².